The van der Waals surface area contributed by atoms with Crippen molar-refractivity contribution >= 4 is 51.0 Å². The second kappa shape index (κ2) is 10.2. The lowest BCUT2D eigenvalue weighted by atomic mass is 10.1. The van der Waals surface area contributed by atoms with Gasteiger partial charge in [0.25, 0.3) is 0 Å². The van der Waals surface area contributed by atoms with E-state index in [1.807, 2.05) is 22.9 Å². The number of anilines is 1. The molecule has 3 heterocycles. The first kappa shape index (κ1) is 22.3. The van der Waals surface area contributed by atoms with Crippen LogP contribution in [0.25, 0.3) is 21.1 Å². The largest absolute Gasteiger partial charge is 0.351 e. The van der Waals surface area contributed by atoms with Crippen molar-refractivity contribution in [1.82, 2.24) is 15.3 Å². The van der Waals surface area contributed by atoms with Crippen LogP contribution >= 0.6 is 34.0 Å². The number of benzene rings is 1. The summed E-state index contributed by atoms with van der Waals surface area (Å²) in [7, 11) is 0. The van der Waals surface area contributed by atoms with Gasteiger partial charge < -0.3 is 10.6 Å². The van der Waals surface area contributed by atoms with Gasteiger partial charge >= 0.3 is 0 Å². The van der Waals surface area contributed by atoms with Gasteiger partial charge in [0.1, 0.15) is 5.01 Å². The number of thiazole rings is 2. The highest BCUT2D eigenvalue weighted by Gasteiger charge is 2.13. The fourth-order valence-electron chi connectivity index (χ4n) is 3.00. The SMILES string of the molecule is CCc1ccc(-c2nc(CC(=O)Nc3nc(-c4ccc(CNC(C)=O)s4)cs3)cs2)cc1. The van der Waals surface area contributed by atoms with Crippen LogP contribution in [0.3, 0.4) is 0 Å². The van der Waals surface area contributed by atoms with Gasteiger partial charge in [0.2, 0.25) is 11.8 Å². The number of amides is 2. The summed E-state index contributed by atoms with van der Waals surface area (Å²) in [6, 6.07) is 12.3. The Balaban J connectivity index is 1.34. The molecule has 4 rings (SSSR count). The Morgan fingerprint density at radius 2 is 1.81 bits per heavy atom. The summed E-state index contributed by atoms with van der Waals surface area (Å²) in [5.41, 5.74) is 3.92. The number of carbonyl (C=O) groups is 2. The molecule has 32 heavy (non-hydrogen) atoms. The number of hydrogen-bond acceptors (Lipinski definition) is 7. The van der Waals surface area contributed by atoms with Gasteiger partial charge in [0, 0.05) is 28.1 Å². The molecular weight excluding hydrogens is 460 g/mol. The van der Waals surface area contributed by atoms with E-state index < -0.39 is 0 Å². The van der Waals surface area contributed by atoms with Crippen molar-refractivity contribution in [1.29, 1.82) is 0 Å². The summed E-state index contributed by atoms with van der Waals surface area (Å²) in [5, 5.41) is 11.0. The van der Waals surface area contributed by atoms with Crippen LogP contribution in [0.1, 0.15) is 30.0 Å². The van der Waals surface area contributed by atoms with E-state index in [1.165, 1.54) is 23.8 Å². The average Bonchev–Trinajstić information content (AvgIpc) is 3.53. The first-order valence-electron chi connectivity index (χ1n) is 10.1. The second-order valence-electron chi connectivity index (χ2n) is 7.13. The normalized spacial score (nSPS) is 10.8. The zero-order valence-corrected chi connectivity index (χ0v) is 20.1. The minimum absolute atomic E-state index is 0.0553. The standard InChI is InChI=1S/C23H22N4O2S3/c1-3-15-4-6-16(7-5-15)22-25-17(12-30-22)10-21(29)27-23-26-19(13-31-23)20-9-8-18(32-20)11-24-14(2)28/h4-9,12-13H,3,10-11H2,1-2H3,(H,24,28)(H,26,27,29). The highest BCUT2D eigenvalue weighted by molar-refractivity contribution is 7.17. The monoisotopic (exact) mass is 482 g/mol. The second-order valence-corrected chi connectivity index (χ2v) is 10.0. The van der Waals surface area contributed by atoms with E-state index in [1.54, 1.807) is 22.7 Å². The number of hydrogen-bond donors (Lipinski definition) is 2. The zero-order chi connectivity index (χ0) is 22.5. The summed E-state index contributed by atoms with van der Waals surface area (Å²) in [5.74, 6) is -0.193. The molecule has 0 fully saturated rings. The number of thiophene rings is 1. The maximum Gasteiger partial charge on any atom is 0.232 e. The van der Waals surface area contributed by atoms with Crippen LogP contribution < -0.4 is 10.6 Å². The van der Waals surface area contributed by atoms with Crippen LogP contribution in [0.15, 0.2) is 47.2 Å². The van der Waals surface area contributed by atoms with Crippen molar-refractivity contribution in [3.8, 4) is 21.1 Å². The van der Waals surface area contributed by atoms with Crippen molar-refractivity contribution in [3.05, 3.63) is 63.3 Å². The van der Waals surface area contributed by atoms with E-state index in [0.29, 0.717) is 11.7 Å². The van der Waals surface area contributed by atoms with Gasteiger partial charge in [-0.1, -0.05) is 31.2 Å². The van der Waals surface area contributed by atoms with E-state index in [-0.39, 0.29) is 18.2 Å². The van der Waals surface area contributed by atoms with Crippen molar-refractivity contribution in [2.45, 2.75) is 33.2 Å². The van der Waals surface area contributed by atoms with Gasteiger partial charge in [-0.15, -0.1) is 34.0 Å². The molecule has 9 heteroatoms. The van der Waals surface area contributed by atoms with Gasteiger partial charge in [-0.25, -0.2) is 9.97 Å². The minimum Gasteiger partial charge on any atom is -0.351 e. The highest BCUT2D eigenvalue weighted by Crippen LogP contribution is 2.31. The van der Waals surface area contributed by atoms with Gasteiger partial charge in [0.05, 0.1) is 29.2 Å². The predicted molar refractivity (Wildman–Crippen MR) is 132 cm³/mol. The molecule has 0 saturated heterocycles. The molecule has 6 nitrogen and oxygen atoms in total. The number of nitrogens with zero attached hydrogens (tertiary/aromatic N) is 2. The van der Waals surface area contributed by atoms with Crippen LogP contribution in [0.5, 0.6) is 0 Å². The highest BCUT2D eigenvalue weighted by atomic mass is 32.1. The third-order valence-electron chi connectivity index (χ3n) is 4.68. The fraction of sp³-hybridized carbons (Fsp3) is 0.217. The van der Waals surface area contributed by atoms with E-state index >= 15 is 0 Å². The van der Waals surface area contributed by atoms with Crippen LogP contribution in [-0.2, 0) is 29.0 Å². The molecule has 0 atom stereocenters. The van der Waals surface area contributed by atoms with E-state index in [4.69, 9.17) is 0 Å². The Labute approximate surface area is 198 Å². The van der Waals surface area contributed by atoms with E-state index in [2.05, 4.69) is 51.8 Å². The molecule has 0 spiro atoms. The van der Waals surface area contributed by atoms with Gasteiger partial charge in [0.15, 0.2) is 5.13 Å². The van der Waals surface area contributed by atoms with Gasteiger partial charge in [-0.3, -0.25) is 9.59 Å². The average molecular weight is 483 g/mol. The van der Waals surface area contributed by atoms with Crippen molar-refractivity contribution in [2.75, 3.05) is 5.32 Å². The maximum atomic E-state index is 12.5. The zero-order valence-electron chi connectivity index (χ0n) is 17.7. The van der Waals surface area contributed by atoms with Gasteiger partial charge in [-0.2, -0.15) is 0 Å². The lowest BCUT2D eigenvalue weighted by Crippen LogP contribution is -2.17. The van der Waals surface area contributed by atoms with Crippen LogP contribution in [0, 0.1) is 0 Å². The lowest BCUT2D eigenvalue weighted by molar-refractivity contribution is -0.119. The molecule has 3 aromatic heterocycles. The summed E-state index contributed by atoms with van der Waals surface area (Å²) >= 11 is 4.51. The molecule has 0 aliphatic carbocycles. The smallest absolute Gasteiger partial charge is 0.232 e. The number of aromatic nitrogens is 2. The Morgan fingerprint density at radius 3 is 2.56 bits per heavy atom. The Kier molecular flexibility index (Phi) is 7.09. The summed E-state index contributed by atoms with van der Waals surface area (Å²) in [4.78, 5) is 34.8. The number of rotatable bonds is 8. The first-order valence-corrected chi connectivity index (χ1v) is 12.7. The molecule has 0 saturated carbocycles. The molecular formula is C23H22N4O2S3. The van der Waals surface area contributed by atoms with Crippen molar-refractivity contribution in [3.63, 3.8) is 0 Å². The van der Waals surface area contributed by atoms with Gasteiger partial charge in [-0.05, 0) is 24.1 Å². The molecule has 2 N–H and O–H groups in total. The molecule has 2 amide bonds. The molecule has 0 bridgehead atoms. The van der Waals surface area contributed by atoms with Crippen LogP contribution in [0.2, 0.25) is 0 Å². The Hall–Kier alpha value is -2.88. The maximum absolute atomic E-state index is 12.5. The summed E-state index contributed by atoms with van der Waals surface area (Å²) in [6.07, 6.45) is 1.21. The van der Waals surface area contributed by atoms with Crippen LogP contribution in [0.4, 0.5) is 5.13 Å². The summed E-state index contributed by atoms with van der Waals surface area (Å²) < 4.78 is 0. The Morgan fingerprint density at radius 1 is 1.00 bits per heavy atom. The molecule has 164 valence electrons. The number of aryl methyl sites for hydroxylation is 1. The van der Waals surface area contributed by atoms with E-state index in [0.717, 1.165) is 38.1 Å². The third kappa shape index (κ3) is 5.67. The summed E-state index contributed by atoms with van der Waals surface area (Å²) in [6.45, 7) is 4.14. The topological polar surface area (TPSA) is 84.0 Å². The quantitative estimate of drug-likeness (QED) is 0.353. The third-order valence-corrected chi connectivity index (χ3v) is 7.48. The van der Waals surface area contributed by atoms with Crippen molar-refractivity contribution in [2.24, 2.45) is 0 Å². The van der Waals surface area contributed by atoms with E-state index in [9.17, 15) is 9.59 Å². The molecule has 0 aliphatic heterocycles. The predicted octanol–water partition coefficient (Wildman–Crippen LogP) is 5.37. The Bertz CT molecular complexity index is 1220. The first-order chi connectivity index (χ1) is 15.5. The number of carbonyl (C=O) groups excluding carboxylic acids is 2. The molecule has 0 aliphatic rings. The van der Waals surface area contributed by atoms with Crippen molar-refractivity contribution < 1.29 is 9.59 Å². The molecule has 0 unspecified atom stereocenters. The minimum atomic E-state index is -0.137. The lowest BCUT2D eigenvalue weighted by Gasteiger charge is -2.00. The molecule has 1 aromatic carbocycles. The number of nitrogens with one attached hydrogen (secondary N) is 2. The fourth-order valence-corrected chi connectivity index (χ4v) is 5.53. The van der Waals surface area contributed by atoms with Crippen LogP contribution in [-0.4, -0.2) is 21.8 Å². The molecule has 0 radical (unpaired) electrons. The molecule has 4 aromatic rings.